The lowest BCUT2D eigenvalue weighted by Gasteiger charge is -2.09. The number of halogens is 3. The number of benzene rings is 1. The number of nitrogen functional groups attached to an aromatic ring is 1. The summed E-state index contributed by atoms with van der Waals surface area (Å²) in [4.78, 5) is 7.19. The minimum atomic E-state index is -4.53. The Balaban J connectivity index is 2.19. The fourth-order valence-corrected chi connectivity index (χ4v) is 2.29. The van der Waals surface area contributed by atoms with Crippen LogP contribution in [0.2, 0.25) is 0 Å². The zero-order valence-electron chi connectivity index (χ0n) is 10.2. The number of thioether (sulfide) groups is 1. The number of rotatable bonds is 4. The van der Waals surface area contributed by atoms with E-state index >= 15 is 0 Å². The van der Waals surface area contributed by atoms with Crippen LogP contribution in [-0.2, 0) is 11.9 Å². The van der Waals surface area contributed by atoms with Crippen molar-refractivity contribution >= 4 is 17.7 Å². The van der Waals surface area contributed by atoms with E-state index in [0.29, 0.717) is 5.75 Å². The van der Waals surface area contributed by atoms with E-state index < -0.39 is 11.9 Å². The molecule has 0 unspecified atom stereocenters. The Kier molecular flexibility index (Phi) is 4.46. The van der Waals surface area contributed by atoms with Crippen LogP contribution < -0.4 is 11.3 Å². The van der Waals surface area contributed by atoms with Crippen molar-refractivity contribution in [2.24, 2.45) is 5.84 Å². The van der Waals surface area contributed by atoms with Crippen LogP contribution in [0, 0.1) is 0 Å². The predicted octanol–water partition coefficient (Wildman–Crippen LogP) is 3.07. The number of nitrogens with two attached hydrogens (primary N) is 1. The van der Waals surface area contributed by atoms with Gasteiger partial charge in [0.15, 0.2) is 5.69 Å². The summed E-state index contributed by atoms with van der Waals surface area (Å²) in [7, 11) is 0. The van der Waals surface area contributed by atoms with Gasteiger partial charge >= 0.3 is 6.18 Å². The molecule has 4 nitrogen and oxygen atoms in total. The Bertz CT molecular complexity index is 575. The van der Waals surface area contributed by atoms with Gasteiger partial charge in [-0.2, -0.15) is 13.2 Å². The minimum Gasteiger partial charge on any atom is -0.292 e. The summed E-state index contributed by atoms with van der Waals surface area (Å²) in [5.41, 5.74) is 2.02. The van der Waals surface area contributed by atoms with Gasteiger partial charge in [0.05, 0.1) is 0 Å². The molecule has 0 atom stereocenters. The van der Waals surface area contributed by atoms with Gasteiger partial charge in [-0.1, -0.05) is 30.3 Å². The molecule has 0 fully saturated rings. The van der Waals surface area contributed by atoms with Crippen molar-refractivity contribution in [3.8, 4) is 0 Å². The Hall–Kier alpha value is -1.80. The highest BCUT2D eigenvalue weighted by Gasteiger charge is 2.33. The monoisotopic (exact) mass is 300 g/mol. The van der Waals surface area contributed by atoms with Gasteiger partial charge in [0.25, 0.3) is 0 Å². The van der Waals surface area contributed by atoms with Crippen LogP contribution in [0.5, 0.6) is 0 Å². The molecule has 0 aliphatic heterocycles. The molecule has 0 amide bonds. The summed E-state index contributed by atoms with van der Waals surface area (Å²) >= 11 is 1.19. The largest absolute Gasteiger partial charge is 0.433 e. The highest BCUT2D eigenvalue weighted by atomic mass is 32.2. The van der Waals surface area contributed by atoms with Gasteiger partial charge in [-0.3, -0.25) is 5.43 Å². The number of hydrogen-bond acceptors (Lipinski definition) is 5. The third-order valence-corrected chi connectivity index (χ3v) is 3.33. The van der Waals surface area contributed by atoms with Crippen molar-refractivity contribution < 1.29 is 13.2 Å². The second kappa shape index (κ2) is 6.10. The minimum absolute atomic E-state index is 0.212. The number of hydrazine groups is 1. The molecule has 2 aromatic rings. The highest BCUT2D eigenvalue weighted by molar-refractivity contribution is 7.98. The zero-order chi connectivity index (χ0) is 14.6. The van der Waals surface area contributed by atoms with Gasteiger partial charge in [0.2, 0.25) is 5.95 Å². The van der Waals surface area contributed by atoms with Crippen LogP contribution in [0.4, 0.5) is 19.1 Å². The first-order valence-electron chi connectivity index (χ1n) is 5.58. The first kappa shape index (κ1) is 14.6. The molecule has 0 bridgehead atoms. The maximum absolute atomic E-state index is 12.7. The van der Waals surface area contributed by atoms with E-state index in [1.54, 1.807) is 0 Å². The number of hydrogen-bond donors (Lipinski definition) is 2. The number of aromatic nitrogens is 2. The number of alkyl halides is 3. The predicted molar refractivity (Wildman–Crippen MR) is 70.8 cm³/mol. The van der Waals surface area contributed by atoms with E-state index in [1.165, 1.54) is 11.8 Å². The van der Waals surface area contributed by atoms with Gasteiger partial charge < -0.3 is 0 Å². The molecule has 0 aliphatic carbocycles. The highest BCUT2D eigenvalue weighted by Crippen LogP contribution is 2.31. The summed E-state index contributed by atoms with van der Waals surface area (Å²) in [5.74, 6) is 5.35. The third-order valence-electron chi connectivity index (χ3n) is 2.35. The molecule has 0 aliphatic rings. The van der Waals surface area contributed by atoms with Crippen molar-refractivity contribution in [1.29, 1.82) is 0 Å². The summed E-state index contributed by atoms with van der Waals surface area (Å²) < 4.78 is 38.0. The molecule has 106 valence electrons. The second-order valence-electron chi connectivity index (χ2n) is 3.83. The van der Waals surface area contributed by atoms with Gasteiger partial charge in [-0.15, -0.1) is 11.8 Å². The molecule has 20 heavy (non-hydrogen) atoms. The van der Waals surface area contributed by atoms with Crippen molar-refractivity contribution in [2.75, 3.05) is 5.43 Å². The van der Waals surface area contributed by atoms with E-state index in [9.17, 15) is 13.2 Å². The Morgan fingerprint density at radius 2 is 1.85 bits per heavy atom. The fourth-order valence-electron chi connectivity index (χ4n) is 1.44. The van der Waals surface area contributed by atoms with Crippen LogP contribution in [-0.4, -0.2) is 9.97 Å². The molecule has 1 aromatic carbocycles. The molecule has 0 spiro atoms. The molecule has 1 aromatic heterocycles. The average molecular weight is 300 g/mol. The van der Waals surface area contributed by atoms with Crippen LogP contribution in [0.1, 0.15) is 11.3 Å². The number of nitrogens with zero attached hydrogens (tertiary/aromatic N) is 2. The Labute approximate surface area is 117 Å². The molecule has 0 saturated heterocycles. The van der Waals surface area contributed by atoms with Crippen LogP contribution in [0.15, 0.2) is 41.4 Å². The SMILES string of the molecule is NNc1nc(SCc2ccccc2)cc(C(F)(F)F)n1. The number of nitrogens with one attached hydrogen (secondary N) is 1. The van der Waals surface area contributed by atoms with Crippen LogP contribution in [0.25, 0.3) is 0 Å². The molecule has 0 saturated carbocycles. The van der Waals surface area contributed by atoms with Gasteiger partial charge in [0, 0.05) is 11.8 Å². The lowest BCUT2D eigenvalue weighted by molar-refractivity contribution is -0.141. The fraction of sp³-hybridized carbons (Fsp3) is 0.167. The Morgan fingerprint density at radius 1 is 1.15 bits per heavy atom. The standard InChI is InChI=1S/C12H11F3N4S/c13-12(14,15)9-6-10(18-11(17-9)19-16)20-7-8-4-2-1-3-5-8/h1-6H,7,16H2,(H,17,18,19). The van der Waals surface area contributed by atoms with E-state index in [1.807, 2.05) is 35.8 Å². The maximum atomic E-state index is 12.7. The maximum Gasteiger partial charge on any atom is 0.433 e. The second-order valence-corrected chi connectivity index (χ2v) is 4.83. The molecule has 0 radical (unpaired) electrons. The quantitative estimate of drug-likeness (QED) is 0.393. The van der Waals surface area contributed by atoms with Crippen molar-refractivity contribution in [3.05, 3.63) is 47.7 Å². The van der Waals surface area contributed by atoms with Crippen molar-refractivity contribution in [2.45, 2.75) is 17.0 Å². The summed E-state index contributed by atoms with van der Waals surface area (Å²) in [6.07, 6.45) is -4.53. The molecule has 2 rings (SSSR count). The van der Waals surface area contributed by atoms with E-state index in [4.69, 9.17) is 5.84 Å². The molecular formula is C12H11F3N4S. The van der Waals surface area contributed by atoms with E-state index in [-0.39, 0.29) is 11.0 Å². The lowest BCUT2D eigenvalue weighted by Crippen LogP contribution is -2.15. The average Bonchev–Trinajstić information content (AvgIpc) is 2.45. The first-order chi connectivity index (χ1) is 9.49. The van der Waals surface area contributed by atoms with Gasteiger partial charge in [-0.05, 0) is 5.56 Å². The first-order valence-corrected chi connectivity index (χ1v) is 6.57. The smallest absolute Gasteiger partial charge is 0.292 e. The van der Waals surface area contributed by atoms with Crippen LogP contribution >= 0.6 is 11.8 Å². The number of anilines is 1. The van der Waals surface area contributed by atoms with Gasteiger partial charge in [-0.25, -0.2) is 15.8 Å². The van der Waals surface area contributed by atoms with E-state index in [2.05, 4.69) is 9.97 Å². The molecular weight excluding hydrogens is 289 g/mol. The topological polar surface area (TPSA) is 63.8 Å². The lowest BCUT2D eigenvalue weighted by atomic mass is 10.2. The molecule has 8 heteroatoms. The van der Waals surface area contributed by atoms with Crippen LogP contribution in [0.3, 0.4) is 0 Å². The summed E-state index contributed by atoms with van der Waals surface area (Å²) in [6, 6.07) is 10.3. The normalized spacial score (nSPS) is 11.4. The van der Waals surface area contributed by atoms with E-state index in [0.717, 1.165) is 11.6 Å². The molecule has 1 heterocycles. The Morgan fingerprint density at radius 3 is 2.45 bits per heavy atom. The molecule has 3 N–H and O–H groups in total. The summed E-state index contributed by atoms with van der Waals surface area (Å²) in [6.45, 7) is 0. The third kappa shape index (κ3) is 3.84. The van der Waals surface area contributed by atoms with Gasteiger partial charge in [0.1, 0.15) is 5.03 Å². The summed E-state index contributed by atoms with van der Waals surface area (Å²) in [5, 5.41) is 0.212. The zero-order valence-corrected chi connectivity index (χ0v) is 11.0. The van der Waals surface area contributed by atoms with Crippen molar-refractivity contribution in [1.82, 2.24) is 9.97 Å². The van der Waals surface area contributed by atoms with Crippen molar-refractivity contribution in [3.63, 3.8) is 0 Å².